The van der Waals surface area contributed by atoms with Crippen molar-refractivity contribution in [3.63, 3.8) is 0 Å². The van der Waals surface area contributed by atoms with E-state index in [2.05, 4.69) is 10.3 Å². The third-order valence-corrected chi connectivity index (χ3v) is 5.98. The summed E-state index contributed by atoms with van der Waals surface area (Å²) in [5.41, 5.74) is 0.628. The minimum Gasteiger partial charge on any atom is -0.494 e. The van der Waals surface area contributed by atoms with Crippen LogP contribution in [0.4, 0.5) is 10.3 Å². The van der Waals surface area contributed by atoms with E-state index in [1.54, 1.807) is 24.3 Å². The van der Waals surface area contributed by atoms with Crippen LogP contribution in [0.3, 0.4) is 0 Å². The van der Waals surface area contributed by atoms with Crippen molar-refractivity contribution in [3.05, 3.63) is 54.3 Å². The topological polar surface area (TPSA) is 81.4 Å². The van der Waals surface area contributed by atoms with Crippen LogP contribution in [0.25, 0.3) is 11.5 Å². The summed E-state index contributed by atoms with van der Waals surface area (Å²) in [6.07, 6.45) is 1.88. The number of anilines is 1. The number of hydrogen-bond donors (Lipinski definition) is 1. The molecule has 1 aliphatic carbocycles. The van der Waals surface area contributed by atoms with Gasteiger partial charge < -0.3 is 14.5 Å². The van der Waals surface area contributed by atoms with Crippen molar-refractivity contribution < 1.29 is 22.0 Å². The van der Waals surface area contributed by atoms with Crippen LogP contribution < -0.4 is 10.1 Å². The number of sulfone groups is 1. The number of ether oxygens (including phenoxy) is 1. The number of nitrogens with one attached hydrogen (secondary N) is 1. The van der Waals surface area contributed by atoms with E-state index < -0.39 is 15.7 Å². The Balaban J connectivity index is 1.74. The highest BCUT2D eigenvalue weighted by molar-refractivity contribution is 7.91. The Bertz CT molecular complexity index is 1070. The summed E-state index contributed by atoms with van der Waals surface area (Å²) in [7, 11) is -3.97. The fourth-order valence-corrected chi connectivity index (χ4v) is 3.97. The van der Waals surface area contributed by atoms with E-state index in [4.69, 9.17) is 9.15 Å². The van der Waals surface area contributed by atoms with Crippen molar-refractivity contribution in [1.82, 2.24) is 4.98 Å². The van der Waals surface area contributed by atoms with Gasteiger partial charge in [0.05, 0.1) is 11.5 Å². The van der Waals surface area contributed by atoms with E-state index >= 15 is 0 Å². The molecule has 1 N–H and O–H groups in total. The monoisotopic (exact) mass is 402 g/mol. The van der Waals surface area contributed by atoms with Crippen LogP contribution in [-0.2, 0) is 9.84 Å². The van der Waals surface area contributed by atoms with E-state index in [9.17, 15) is 12.8 Å². The molecule has 0 radical (unpaired) electrons. The van der Waals surface area contributed by atoms with Gasteiger partial charge in [-0.3, -0.25) is 0 Å². The maximum absolute atomic E-state index is 13.2. The highest BCUT2D eigenvalue weighted by atomic mass is 32.2. The summed E-state index contributed by atoms with van der Waals surface area (Å²) in [5, 5.41) is 2.89. The maximum atomic E-state index is 13.2. The second kappa shape index (κ2) is 7.27. The quantitative estimate of drug-likeness (QED) is 0.594. The first-order valence-electron chi connectivity index (χ1n) is 8.98. The SMILES string of the molecule is CCOc1ccc(-c2nc(S(=O)(=O)c3ccc(F)cc3)c(NC3CC3)o2)cc1. The van der Waals surface area contributed by atoms with Gasteiger partial charge in [-0.15, -0.1) is 0 Å². The Hall–Kier alpha value is -2.87. The van der Waals surface area contributed by atoms with Crippen LogP contribution in [-0.4, -0.2) is 26.1 Å². The molecule has 0 bridgehead atoms. The maximum Gasteiger partial charge on any atom is 0.234 e. The number of halogens is 1. The summed E-state index contributed by atoms with van der Waals surface area (Å²) >= 11 is 0. The predicted octanol–water partition coefficient (Wildman–Crippen LogP) is 4.29. The fraction of sp³-hybridized carbons (Fsp3) is 0.250. The Kier molecular flexibility index (Phi) is 4.80. The van der Waals surface area contributed by atoms with Gasteiger partial charge in [-0.2, -0.15) is 4.98 Å². The van der Waals surface area contributed by atoms with Crippen LogP contribution in [0, 0.1) is 5.82 Å². The van der Waals surface area contributed by atoms with Crippen molar-refractivity contribution in [2.75, 3.05) is 11.9 Å². The second-order valence-electron chi connectivity index (χ2n) is 6.49. The van der Waals surface area contributed by atoms with Crippen LogP contribution in [0.1, 0.15) is 19.8 Å². The first kappa shape index (κ1) is 18.5. The van der Waals surface area contributed by atoms with Crippen molar-refractivity contribution in [3.8, 4) is 17.2 Å². The summed E-state index contributed by atoms with van der Waals surface area (Å²) in [6, 6.07) is 11.9. The Morgan fingerprint density at radius 1 is 1.14 bits per heavy atom. The Morgan fingerprint density at radius 3 is 2.43 bits per heavy atom. The van der Waals surface area contributed by atoms with Gasteiger partial charge in [0.2, 0.25) is 26.6 Å². The zero-order chi connectivity index (χ0) is 19.7. The molecule has 1 aromatic heterocycles. The minimum atomic E-state index is -3.97. The molecule has 8 heteroatoms. The molecular weight excluding hydrogens is 383 g/mol. The average Bonchev–Trinajstić information content (AvgIpc) is 3.39. The first-order valence-corrected chi connectivity index (χ1v) is 10.5. The summed E-state index contributed by atoms with van der Waals surface area (Å²) in [5.74, 6) is 0.487. The van der Waals surface area contributed by atoms with Crippen molar-refractivity contribution in [2.45, 2.75) is 35.7 Å². The molecule has 3 aromatic rings. The van der Waals surface area contributed by atoms with Gasteiger partial charge in [0.1, 0.15) is 11.6 Å². The number of rotatable bonds is 7. The van der Waals surface area contributed by atoms with Gasteiger partial charge in [-0.25, -0.2) is 12.8 Å². The largest absolute Gasteiger partial charge is 0.494 e. The molecule has 4 rings (SSSR count). The van der Waals surface area contributed by atoms with E-state index in [1.807, 2.05) is 6.92 Å². The molecule has 0 saturated heterocycles. The molecule has 6 nitrogen and oxygen atoms in total. The molecule has 146 valence electrons. The van der Waals surface area contributed by atoms with Crippen molar-refractivity contribution in [2.24, 2.45) is 0 Å². The fourth-order valence-electron chi connectivity index (χ4n) is 2.70. The molecule has 0 atom stereocenters. The first-order chi connectivity index (χ1) is 13.5. The van der Waals surface area contributed by atoms with Crippen LogP contribution >= 0.6 is 0 Å². The minimum absolute atomic E-state index is 0.0423. The lowest BCUT2D eigenvalue weighted by Crippen LogP contribution is -2.08. The lowest BCUT2D eigenvalue weighted by molar-refractivity contribution is 0.340. The van der Waals surface area contributed by atoms with Gasteiger partial charge in [0, 0.05) is 11.6 Å². The predicted molar refractivity (Wildman–Crippen MR) is 102 cm³/mol. The van der Waals surface area contributed by atoms with Crippen LogP contribution in [0.15, 0.2) is 62.9 Å². The lowest BCUT2D eigenvalue weighted by atomic mass is 10.2. The molecule has 0 amide bonds. The zero-order valence-corrected chi connectivity index (χ0v) is 16.0. The van der Waals surface area contributed by atoms with Crippen LogP contribution in [0.5, 0.6) is 5.75 Å². The van der Waals surface area contributed by atoms with Gasteiger partial charge in [-0.1, -0.05) is 0 Å². The summed E-state index contributed by atoms with van der Waals surface area (Å²) in [6.45, 7) is 2.44. The molecule has 1 heterocycles. The second-order valence-corrected chi connectivity index (χ2v) is 8.35. The third-order valence-electron chi connectivity index (χ3n) is 4.30. The molecule has 1 aliphatic rings. The van der Waals surface area contributed by atoms with Crippen molar-refractivity contribution in [1.29, 1.82) is 0 Å². The van der Waals surface area contributed by atoms with E-state index in [1.165, 1.54) is 12.1 Å². The van der Waals surface area contributed by atoms with Gasteiger partial charge in [0.25, 0.3) is 0 Å². The summed E-state index contributed by atoms with van der Waals surface area (Å²) in [4.78, 5) is 4.21. The number of nitrogens with zero attached hydrogens (tertiary/aromatic N) is 1. The van der Waals surface area contributed by atoms with E-state index in [0.29, 0.717) is 17.9 Å². The zero-order valence-electron chi connectivity index (χ0n) is 15.2. The lowest BCUT2D eigenvalue weighted by Gasteiger charge is -2.04. The highest BCUT2D eigenvalue weighted by Gasteiger charge is 2.32. The Labute approximate surface area is 162 Å². The molecular formula is C20H19FN2O4S. The van der Waals surface area contributed by atoms with Crippen molar-refractivity contribution >= 4 is 15.7 Å². The molecule has 1 fully saturated rings. The molecule has 0 spiro atoms. The molecule has 2 aromatic carbocycles. The smallest absolute Gasteiger partial charge is 0.234 e. The van der Waals surface area contributed by atoms with Crippen LogP contribution in [0.2, 0.25) is 0 Å². The third kappa shape index (κ3) is 3.73. The van der Waals surface area contributed by atoms with E-state index in [0.717, 1.165) is 25.0 Å². The van der Waals surface area contributed by atoms with Gasteiger partial charge in [0.15, 0.2) is 0 Å². The highest BCUT2D eigenvalue weighted by Crippen LogP contribution is 2.35. The number of aromatic nitrogens is 1. The van der Waals surface area contributed by atoms with Gasteiger partial charge >= 0.3 is 0 Å². The number of benzene rings is 2. The molecule has 1 saturated carbocycles. The number of hydrogen-bond acceptors (Lipinski definition) is 6. The molecule has 28 heavy (non-hydrogen) atoms. The summed E-state index contributed by atoms with van der Waals surface area (Å²) < 4.78 is 50.5. The normalized spacial score (nSPS) is 14.1. The standard InChI is InChI=1S/C20H19FN2O4S/c1-2-26-16-9-3-13(4-10-16)18-23-20(19(27-18)22-15-7-8-15)28(24,25)17-11-5-14(21)6-12-17/h3-6,9-12,15,22H,2,7-8H2,1H3. The average molecular weight is 402 g/mol. The van der Waals surface area contributed by atoms with E-state index in [-0.39, 0.29) is 27.7 Å². The Morgan fingerprint density at radius 2 is 1.82 bits per heavy atom. The number of oxazole rings is 1. The molecule has 0 unspecified atom stereocenters. The van der Waals surface area contributed by atoms with Gasteiger partial charge in [-0.05, 0) is 68.3 Å². The molecule has 0 aliphatic heterocycles.